The highest BCUT2D eigenvalue weighted by molar-refractivity contribution is 5.98. The van der Waals surface area contributed by atoms with Crippen molar-refractivity contribution in [1.29, 1.82) is 0 Å². The van der Waals surface area contributed by atoms with Gasteiger partial charge in [-0.1, -0.05) is 91.5 Å². The normalized spacial score (nSPS) is 12.7. The van der Waals surface area contributed by atoms with E-state index in [-0.39, 0.29) is 0 Å². The van der Waals surface area contributed by atoms with E-state index in [9.17, 15) is 0 Å². The molecule has 0 saturated carbocycles. The number of nitrogens with zero attached hydrogens (tertiary/aromatic N) is 2. The van der Waals surface area contributed by atoms with Crippen LogP contribution in [0.1, 0.15) is 30.7 Å². The van der Waals surface area contributed by atoms with Gasteiger partial charge in [0.2, 0.25) is 0 Å². The summed E-state index contributed by atoms with van der Waals surface area (Å²) in [5.41, 5.74) is 8.40. The van der Waals surface area contributed by atoms with Gasteiger partial charge < -0.3 is 4.74 Å². The van der Waals surface area contributed by atoms with Gasteiger partial charge in [-0.25, -0.2) is 4.98 Å². The number of hydrogen-bond donors (Lipinski definition) is 0. The first-order valence-electron chi connectivity index (χ1n) is 12.8. The van der Waals surface area contributed by atoms with Gasteiger partial charge in [-0.05, 0) is 55.3 Å². The van der Waals surface area contributed by atoms with Crippen LogP contribution in [0.5, 0.6) is 5.75 Å². The SMILES string of the molecule is C=Cc1c(/C=C\C)n(-c2cc(-c3ccccc3)cc(-c3ccccc3)n2)c2cc3c(cc12)C=CC=C(C)O3. The smallest absolute Gasteiger partial charge is 0.138 e. The van der Waals surface area contributed by atoms with Crippen molar-refractivity contribution in [2.45, 2.75) is 13.8 Å². The van der Waals surface area contributed by atoms with Gasteiger partial charge in [0.25, 0.3) is 0 Å². The zero-order valence-electron chi connectivity index (χ0n) is 21.6. The van der Waals surface area contributed by atoms with E-state index in [4.69, 9.17) is 9.72 Å². The molecule has 3 nitrogen and oxygen atoms in total. The number of pyridine rings is 1. The van der Waals surface area contributed by atoms with Crippen LogP contribution in [0.25, 0.3) is 57.3 Å². The van der Waals surface area contributed by atoms with Gasteiger partial charge in [0.1, 0.15) is 17.3 Å². The highest BCUT2D eigenvalue weighted by Gasteiger charge is 2.20. The zero-order valence-corrected chi connectivity index (χ0v) is 21.6. The molecule has 38 heavy (non-hydrogen) atoms. The van der Waals surface area contributed by atoms with Crippen molar-refractivity contribution in [3.8, 4) is 34.0 Å². The van der Waals surface area contributed by atoms with Crippen molar-refractivity contribution < 1.29 is 4.74 Å². The third-order valence-electron chi connectivity index (χ3n) is 6.80. The second kappa shape index (κ2) is 9.87. The van der Waals surface area contributed by atoms with Gasteiger partial charge in [0.05, 0.1) is 16.9 Å². The first kappa shape index (κ1) is 23.5. The van der Waals surface area contributed by atoms with Crippen molar-refractivity contribution in [2.75, 3.05) is 0 Å². The summed E-state index contributed by atoms with van der Waals surface area (Å²) < 4.78 is 8.43. The Kier molecular flexibility index (Phi) is 6.11. The van der Waals surface area contributed by atoms with Crippen molar-refractivity contribution in [3.63, 3.8) is 0 Å². The number of benzene rings is 3. The number of ether oxygens (including phenoxy) is 1. The lowest BCUT2D eigenvalue weighted by atomic mass is 10.0. The Bertz CT molecular complexity index is 1700. The molecule has 0 radical (unpaired) electrons. The van der Waals surface area contributed by atoms with E-state index in [1.54, 1.807) is 0 Å². The summed E-state index contributed by atoms with van der Waals surface area (Å²) >= 11 is 0. The van der Waals surface area contributed by atoms with Gasteiger partial charge in [-0.2, -0.15) is 0 Å². The molecule has 6 rings (SSSR count). The second-order valence-corrected chi connectivity index (χ2v) is 9.32. The number of fused-ring (bicyclic) bond motifs is 2. The maximum Gasteiger partial charge on any atom is 0.138 e. The Morgan fingerprint density at radius 1 is 0.868 bits per heavy atom. The fraction of sp³-hybridized carbons (Fsp3) is 0.0571. The fourth-order valence-electron chi connectivity index (χ4n) is 5.06. The Morgan fingerprint density at radius 3 is 2.32 bits per heavy atom. The first-order chi connectivity index (χ1) is 18.7. The van der Waals surface area contributed by atoms with Crippen molar-refractivity contribution in [3.05, 3.63) is 132 Å². The largest absolute Gasteiger partial charge is 0.461 e. The minimum atomic E-state index is 0.823. The van der Waals surface area contributed by atoms with E-state index in [1.807, 2.05) is 56.3 Å². The Morgan fingerprint density at radius 2 is 1.61 bits per heavy atom. The highest BCUT2D eigenvalue weighted by Crippen LogP contribution is 2.38. The molecule has 0 unspecified atom stereocenters. The number of aromatic nitrogens is 2. The van der Waals surface area contributed by atoms with E-state index in [0.29, 0.717) is 0 Å². The first-order valence-corrected chi connectivity index (χ1v) is 12.8. The van der Waals surface area contributed by atoms with Crippen LogP contribution in [0.3, 0.4) is 0 Å². The van der Waals surface area contributed by atoms with Gasteiger partial charge >= 0.3 is 0 Å². The molecule has 0 fully saturated rings. The van der Waals surface area contributed by atoms with Gasteiger partial charge in [0.15, 0.2) is 0 Å². The summed E-state index contributed by atoms with van der Waals surface area (Å²) in [5, 5.41) is 1.10. The molecule has 0 N–H and O–H groups in total. The number of hydrogen-bond acceptors (Lipinski definition) is 2. The lowest BCUT2D eigenvalue weighted by molar-refractivity contribution is 0.428. The minimum absolute atomic E-state index is 0.823. The van der Waals surface area contributed by atoms with Crippen LogP contribution in [0.2, 0.25) is 0 Å². The van der Waals surface area contributed by atoms with Crippen molar-refractivity contribution in [2.24, 2.45) is 0 Å². The van der Waals surface area contributed by atoms with Crippen LogP contribution < -0.4 is 4.74 Å². The lowest BCUT2D eigenvalue weighted by Crippen LogP contribution is -2.02. The quantitative estimate of drug-likeness (QED) is 0.244. The van der Waals surface area contributed by atoms with Crippen LogP contribution in [-0.4, -0.2) is 9.55 Å². The maximum atomic E-state index is 6.21. The van der Waals surface area contributed by atoms with E-state index in [0.717, 1.165) is 67.4 Å². The van der Waals surface area contributed by atoms with Crippen molar-refractivity contribution >= 4 is 29.1 Å². The highest BCUT2D eigenvalue weighted by atomic mass is 16.5. The second-order valence-electron chi connectivity index (χ2n) is 9.32. The molecule has 3 heterocycles. The molecular weight excluding hydrogens is 464 g/mol. The van der Waals surface area contributed by atoms with Gasteiger partial charge in [-0.3, -0.25) is 4.57 Å². The standard InChI is InChI=1S/C35H28N2O/c1-4-13-32-29(5-2)30-20-27-19-12-14-24(3)38-34(27)23-33(30)37(32)35-22-28(25-15-8-6-9-16-25)21-31(36-35)26-17-10-7-11-18-26/h4-23H,2H2,1,3H3/b13-4-. The Hall–Kier alpha value is -4.89. The predicted octanol–water partition coefficient (Wildman–Crippen LogP) is 9.34. The molecule has 0 atom stereocenters. The van der Waals surface area contributed by atoms with Gasteiger partial charge in [0, 0.05) is 28.1 Å². The van der Waals surface area contributed by atoms with Crippen LogP contribution in [0.4, 0.5) is 0 Å². The molecule has 0 spiro atoms. The molecule has 1 aliphatic rings. The van der Waals surface area contributed by atoms with Crippen molar-refractivity contribution in [1.82, 2.24) is 9.55 Å². The molecular formula is C35H28N2O. The van der Waals surface area contributed by atoms with E-state index in [2.05, 4.69) is 90.0 Å². The van der Waals surface area contributed by atoms with E-state index in [1.165, 1.54) is 0 Å². The van der Waals surface area contributed by atoms with Crippen LogP contribution >= 0.6 is 0 Å². The summed E-state index contributed by atoms with van der Waals surface area (Å²) in [6, 6.07) is 29.4. The summed E-state index contributed by atoms with van der Waals surface area (Å²) in [6.07, 6.45) is 12.2. The molecule has 184 valence electrons. The monoisotopic (exact) mass is 492 g/mol. The average Bonchev–Trinajstić information content (AvgIpc) is 3.12. The summed E-state index contributed by atoms with van der Waals surface area (Å²) in [5.74, 6) is 2.52. The minimum Gasteiger partial charge on any atom is -0.461 e. The topological polar surface area (TPSA) is 27.1 Å². The molecule has 0 amide bonds. The third-order valence-corrected chi connectivity index (χ3v) is 6.80. The Labute approximate surface area is 223 Å². The summed E-state index contributed by atoms with van der Waals surface area (Å²) in [4.78, 5) is 5.21. The van der Waals surface area contributed by atoms with E-state index < -0.39 is 0 Å². The third kappa shape index (κ3) is 4.18. The fourth-order valence-corrected chi connectivity index (χ4v) is 5.06. The van der Waals surface area contributed by atoms with Gasteiger partial charge in [-0.15, -0.1) is 0 Å². The molecule has 1 aliphatic heterocycles. The summed E-state index contributed by atoms with van der Waals surface area (Å²) in [6.45, 7) is 8.18. The molecule has 5 aromatic rings. The summed E-state index contributed by atoms with van der Waals surface area (Å²) in [7, 11) is 0. The van der Waals surface area contributed by atoms with Crippen LogP contribution in [0, 0.1) is 0 Å². The lowest BCUT2D eigenvalue weighted by Gasteiger charge is -2.14. The zero-order chi connectivity index (χ0) is 26.1. The number of rotatable bonds is 5. The maximum absolute atomic E-state index is 6.21. The molecule has 0 aliphatic carbocycles. The molecule has 3 aromatic carbocycles. The molecule has 2 aromatic heterocycles. The van der Waals surface area contributed by atoms with Crippen LogP contribution in [0.15, 0.2) is 115 Å². The molecule has 0 bridgehead atoms. The molecule has 0 saturated heterocycles. The Balaban J connectivity index is 1.69. The average molecular weight is 493 g/mol. The predicted molar refractivity (Wildman–Crippen MR) is 160 cm³/mol. The molecule has 3 heteroatoms. The number of allylic oxidation sites excluding steroid dienone is 4. The van der Waals surface area contributed by atoms with Crippen LogP contribution in [-0.2, 0) is 0 Å². The van der Waals surface area contributed by atoms with E-state index >= 15 is 0 Å².